The van der Waals surface area contributed by atoms with Crippen molar-refractivity contribution in [2.45, 2.75) is 84.7 Å². The SMILES string of the molecule is CCCCC(CCCCCI)CC(=O)OC(C)(C)C. The molecule has 114 valence electrons. The van der Waals surface area contributed by atoms with Crippen LogP contribution in [0.5, 0.6) is 0 Å². The van der Waals surface area contributed by atoms with E-state index in [9.17, 15) is 4.79 Å². The molecule has 0 N–H and O–H groups in total. The third kappa shape index (κ3) is 13.0. The van der Waals surface area contributed by atoms with Crippen LogP contribution in [0.1, 0.15) is 79.1 Å². The molecule has 0 amide bonds. The van der Waals surface area contributed by atoms with E-state index in [1.165, 1.54) is 49.4 Å². The number of esters is 1. The van der Waals surface area contributed by atoms with Gasteiger partial charge in [0, 0.05) is 6.42 Å². The molecule has 0 aromatic rings. The molecule has 0 aromatic heterocycles. The zero-order valence-corrected chi connectivity index (χ0v) is 15.3. The lowest BCUT2D eigenvalue weighted by Crippen LogP contribution is -2.25. The third-order valence-corrected chi connectivity index (χ3v) is 3.85. The third-order valence-electron chi connectivity index (χ3n) is 3.09. The maximum atomic E-state index is 11.9. The van der Waals surface area contributed by atoms with Crippen molar-refractivity contribution in [1.29, 1.82) is 0 Å². The predicted octanol–water partition coefficient (Wildman–Crippen LogP) is 5.52. The highest BCUT2D eigenvalue weighted by molar-refractivity contribution is 14.1. The summed E-state index contributed by atoms with van der Waals surface area (Å²) < 4.78 is 6.68. The van der Waals surface area contributed by atoms with Gasteiger partial charge in [0.2, 0.25) is 0 Å². The molecule has 0 fully saturated rings. The lowest BCUT2D eigenvalue weighted by Gasteiger charge is -2.22. The minimum Gasteiger partial charge on any atom is -0.460 e. The molecule has 0 rings (SSSR count). The fourth-order valence-corrected chi connectivity index (χ4v) is 2.70. The number of unbranched alkanes of at least 4 members (excludes halogenated alkanes) is 3. The molecule has 1 unspecified atom stereocenters. The van der Waals surface area contributed by atoms with Gasteiger partial charge in [0.15, 0.2) is 0 Å². The van der Waals surface area contributed by atoms with Crippen LogP contribution in [0.25, 0.3) is 0 Å². The average Bonchev–Trinajstić information content (AvgIpc) is 2.28. The fraction of sp³-hybridized carbons (Fsp3) is 0.938. The first-order valence-electron chi connectivity index (χ1n) is 7.67. The molecule has 0 aromatic carbocycles. The second-order valence-corrected chi connectivity index (χ2v) is 7.42. The van der Waals surface area contributed by atoms with Gasteiger partial charge < -0.3 is 4.74 Å². The van der Waals surface area contributed by atoms with E-state index in [4.69, 9.17) is 4.74 Å². The van der Waals surface area contributed by atoms with Crippen LogP contribution >= 0.6 is 22.6 Å². The Hall–Kier alpha value is 0.200. The van der Waals surface area contributed by atoms with E-state index in [2.05, 4.69) is 29.5 Å². The van der Waals surface area contributed by atoms with Gasteiger partial charge in [0.1, 0.15) is 5.60 Å². The lowest BCUT2D eigenvalue weighted by atomic mass is 9.92. The first-order valence-corrected chi connectivity index (χ1v) is 9.19. The zero-order valence-electron chi connectivity index (χ0n) is 13.1. The molecule has 0 heterocycles. The Labute approximate surface area is 133 Å². The van der Waals surface area contributed by atoms with Gasteiger partial charge >= 0.3 is 5.97 Å². The number of carbonyl (C=O) groups excluding carboxylic acids is 1. The summed E-state index contributed by atoms with van der Waals surface area (Å²) in [6, 6.07) is 0. The number of ether oxygens (including phenoxy) is 1. The number of hydrogen-bond acceptors (Lipinski definition) is 2. The van der Waals surface area contributed by atoms with Gasteiger partial charge in [-0.25, -0.2) is 0 Å². The molecule has 0 aliphatic heterocycles. The summed E-state index contributed by atoms with van der Waals surface area (Å²) in [6.45, 7) is 8.02. The summed E-state index contributed by atoms with van der Waals surface area (Å²) in [7, 11) is 0. The highest BCUT2D eigenvalue weighted by atomic mass is 127. The molecular weight excluding hydrogens is 351 g/mol. The predicted molar refractivity (Wildman–Crippen MR) is 90.8 cm³/mol. The van der Waals surface area contributed by atoms with E-state index < -0.39 is 0 Å². The molecular formula is C16H31IO2. The highest BCUT2D eigenvalue weighted by Crippen LogP contribution is 2.22. The van der Waals surface area contributed by atoms with E-state index in [0.29, 0.717) is 12.3 Å². The number of carbonyl (C=O) groups is 1. The number of alkyl halides is 1. The van der Waals surface area contributed by atoms with Gasteiger partial charge in [-0.15, -0.1) is 0 Å². The summed E-state index contributed by atoms with van der Waals surface area (Å²) in [6.07, 6.45) is 9.21. The first kappa shape index (κ1) is 19.2. The molecule has 3 heteroatoms. The van der Waals surface area contributed by atoms with Gasteiger partial charge in [-0.1, -0.05) is 55.2 Å². The Morgan fingerprint density at radius 2 is 1.74 bits per heavy atom. The standard InChI is InChI=1S/C16H31IO2/c1-5-6-10-14(11-8-7-9-12-17)13-15(18)19-16(2,3)4/h14H,5-13H2,1-4H3. The summed E-state index contributed by atoms with van der Waals surface area (Å²) in [5.41, 5.74) is -0.354. The maximum Gasteiger partial charge on any atom is 0.306 e. The Morgan fingerprint density at radius 1 is 1.11 bits per heavy atom. The van der Waals surface area contributed by atoms with Gasteiger partial charge in [-0.2, -0.15) is 0 Å². The van der Waals surface area contributed by atoms with Crippen molar-refractivity contribution < 1.29 is 9.53 Å². The quantitative estimate of drug-likeness (QED) is 0.215. The lowest BCUT2D eigenvalue weighted by molar-refractivity contribution is -0.156. The molecule has 0 aliphatic rings. The minimum atomic E-state index is -0.354. The second kappa shape index (κ2) is 10.9. The molecule has 0 spiro atoms. The van der Waals surface area contributed by atoms with E-state index in [-0.39, 0.29) is 11.6 Å². The van der Waals surface area contributed by atoms with E-state index in [0.717, 1.165) is 0 Å². The van der Waals surface area contributed by atoms with Crippen LogP contribution < -0.4 is 0 Å². The van der Waals surface area contributed by atoms with Crippen LogP contribution in [0.2, 0.25) is 0 Å². The molecule has 0 saturated heterocycles. The van der Waals surface area contributed by atoms with E-state index in [1.54, 1.807) is 0 Å². The smallest absolute Gasteiger partial charge is 0.306 e. The van der Waals surface area contributed by atoms with Gasteiger partial charge in [-0.3, -0.25) is 4.79 Å². The zero-order chi connectivity index (χ0) is 14.7. The normalized spacial score (nSPS) is 13.3. The summed E-state index contributed by atoms with van der Waals surface area (Å²) in [5, 5.41) is 0. The van der Waals surface area contributed by atoms with Crippen molar-refractivity contribution in [2.24, 2.45) is 5.92 Å². The van der Waals surface area contributed by atoms with Gasteiger partial charge in [0.05, 0.1) is 0 Å². The largest absolute Gasteiger partial charge is 0.460 e. The van der Waals surface area contributed by atoms with Crippen LogP contribution in [0.4, 0.5) is 0 Å². The molecule has 0 aliphatic carbocycles. The molecule has 19 heavy (non-hydrogen) atoms. The van der Waals surface area contributed by atoms with E-state index in [1.807, 2.05) is 20.8 Å². The van der Waals surface area contributed by atoms with Crippen molar-refractivity contribution in [3.05, 3.63) is 0 Å². The second-order valence-electron chi connectivity index (χ2n) is 6.34. The van der Waals surface area contributed by atoms with Crippen LogP contribution in [-0.4, -0.2) is 16.0 Å². The van der Waals surface area contributed by atoms with Crippen molar-refractivity contribution in [3.8, 4) is 0 Å². The van der Waals surface area contributed by atoms with Crippen molar-refractivity contribution in [2.75, 3.05) is 4.43 Å². The fourth-order valence-electron chi connectivity index (χ4n) is 2.16. The topological polar surface area (TPSA) is 26.3 Å². The van der Waals surface area contributed by atoms with Crippen LogP contribution in [0.3, 0.4) is 0 Å². The molecule has 0 radical (unpaired) electrons. The van der Waals surface area contributed by atoms with Crippen molar-refractivity contribution in [1.82, 2.24) is 0 Å². The highest BCUT2D eigenvalue weighted by Gasteiger charge is 2.20. The van der Waals surface area contributed by atoms with Crippen LogP contribution in [0, 0.1) is 5.92 Å². The molecule has 0 saturated carbocycles. The van der Waals surface area contributed by atoms with Crippen molar-refractivity contribution in [3.63, 3.8) is 0 Å². The monoisotopic (exact) mass is 382 g/mol. The summed E-state index contributed by atoms with van der Waals surface area (Å²) in [5.74, 6) is 0.492. The average molecular weight is 382 g/mol. The Kier molecular flexibility index (Phi) is 11.0. The van der Waals surface area contributed by atoms with Crippen LogP contribution in [0.15, 0.2) is 0 Å². The van der Waals surface area contributed by atoms with Crippen LogP contribution in [-0.2, 0) is 9.53 Å². The first-order chi connectivity index (χ1) is 8.89. The molecule has 1 atom stereocenters. The van der Waals surface area contributed by atoms with Gasteiger partial charge in [0.25, 0.3) is 0 Å². The summed E-state index contributed by atoms with van der Waals surface area (Å²) >= 11 is 2.43. The number of halogens is 1. The Balaban J connectivity index is 4.06. The maximum absolute atomic E-state index is 11.9. The van der Waals surface area contributed by atoms with E-state index >= 15 is 0 Å². The Morgan fingerprint density at radius 3 is 2.26 bits per heavy atom. The number of hydrogen-bond donors (Lipinski definition) is 0. The minimum absolute atomic E-state index is 0.0255. The van der Waals surface area contributed by atoms with Crippen molar-refractivity contribution >= 4 is 28.6 Å². The van der Waals surface area contributed by atoms with Gasteiger partial charge in [-0.05, 0) is 50.4 Å². The molecule has 2 nitrogen and oxygen atoms in total. The Bertz CT molecular complexity index is 233. The molecule has 0 bridgehead atoms. The number of rotatable bonds is 10. The summed E-state index contributed by atoms with van der Waals surface area (Å²) in [4.78, 5) is 11.9.